The summed E-state index contributed by atoms with van der Waals surface area (Å²) in [5.74, 6) is -0.587. The van der Waals surface area contributed by atoms with Crippen LogP contribution in [0.2, 0.25) is 0 Å². The molecule has 3 rings (SSSR count). The van der Waals surface area contributed by atoms with E-state index in [1.165, 1.54) is 36.2 Å². The Bertz CT molecular complexity index is 833. The molecule has 1 atom stereocenters. The third-order valence-electron chi connectivity index (χ3n) is 3.76. The molecule has 24 heavy (non-hydrogen) atoms. The van der Waals surface area contributed by atoms with Crippen LogP contribution in [0.5, 0.6) is 0 Å². The first-order chi connectivity index (χ1) is 11.5. The van der Waals surface area contributed by atoms with E-state index in [0.29, 0.717) is 11.3 Å². The van der Waals surface area contributed by atoms with Crippen molar-refractivity contribution in [3.63, 3.8) is 0 Å². The van der Waals surface area contributed by atoms with Crippen molar-refractivity contribution in [1.29, 1.82) is 0 Å². The average molecular weight is 327 g/mol. The molecule has 1 aliphatic rings. The number of hydrazine groups is 1. The van der Waals surface area contributed by atoms with Gasteiger partial charge in [-0.2, -0.15) is 0 Å². The molecule has 0 spiro atoms. The van der Waals surface area contributed by atoms with Gasteiger partial charge in [0.05, 0.1) is 16.7 Å². The average Bonchev–Trinajstić information content (AvgIpc) is 3.01. The summed E-state index contributed by atoms with van der Waals surface area (Å²) in [6.45, 7) is 1.40. The van der Waals surface area contributed by atoms with Crippen molar-refractivity contribution in [2.75, 3.05) is 0 Å². The summed E-state index contributed by atoms with van der Waals surface area (Å²) in [5, 5.41) is 12.3. The van der Waals surface area contributed by atoms with Crippen LogP contribution in [0.25, 0.3) is 5.70 Å². The number of hydrogen-bond donors (Lipinski definition) is 1. The van der Waals surface area contributed by atoms with Crippen LogP contribution in [-0.4, -0.2) is 15.8 Å². The Hall–Kier alpha value is -3.22. The van der Waals surface area contributed by atoms with Crippen LogP contribution < -0.4 is 5.43 Å². The van der Waals surface area contributed by atoms with Gasteiger partial charge in [0.15, 0.2) is 0 Å². The summed E-state index contributed by atoms with van der Waals surface area (Å²) in [5.41, 5.74) is 4.91. The first kappa shape index (κ1) is 15.7. The Morgan fingerprint density at radius 1 is 1.25 bits per heavy atom. The highest BCUT2D eigenvalue weighted by atomic mass is 19.1. The molecule has 0 fully saturated rings. The van der Waals surface area contributed by atoms with Crippen LogP contribution in [0.4, 0.5) is 10.1 Å². The maximum Gasteiger partial charge on any atom is 0.269 e. The number of non-ortho nitro benzene ring substituents is 1. The maximum absolute atomic E-state index is 13.1. The van der Waals surface area contributed by atoms with E-state index in [2.05, 4.69) is 5.43 Å². The Kier molecular flexibility index (Phi) is 3.99. The standard InChI is InChI=1S/C17H14FN3O3/c1-11(22)20-17(13-3-2-4-15(9-13)21(23)24)10-16(19-20)12-5-7-14(18)8-6-12/h2-10,17,19H,1H3/t17-/m1/s1. The normalized spacial score (nSPS) is 16.5. The van der Waals surface area contributed by atoms with E-state index in [9.17, 15) is 19.3 Å². The van der Waals surface area contributed by atoms with Gasteiger partial charge in [-0.05, 0) is 41.5 Å². The van der Waals surface area contributed by atoms with Crippen LogP contribution in [0.3, 0.4) is 0 Å². The lowest BCUT2D eigenvalue weighted by Gasteiger charge is -2.23. The van der Waals surface area contributed by atoms with Gasteiger partial charge in [0, 0.05) is 19.1 Å². The molecule has 6 nitrogen and oxygen atoms in total. The summed E-state index contributed by atoms with van der Waals surface area (Å²) in [7, 11) is 0. The minimum atomic E-state index is -0.484. The fraction of sp³-hybridized carbons (Fsp3) is 0.118. The molecule has 1 heterocycles. The molecule has 0 unspecified atom stereocenters. The number of nitrogens with one attached hydrogen (secondary N) is 1. The van der Waals surface area contributed by atoms with Gasteiger partial charge < -0.3 is 0 Å². The number of rotatable bonds is 3. The van der Waals surface area contributed by atoms with E-state index >= 15 is 0 Å². The Balaban J connectivity index is 2.00. The van der Waals surface area contributed by atoms with Gasteiger partial charge in [-0.15, -0.1) is 0 Å². The van der Waals surface area contributed by atoms with Gasteiger partial charge in [-0.25, -0.2) is 9.40 Å². The molecule has 0 saturated heterocycles. The third-order valence-corrected chi connectivity index (χ3v) is 3.76. The van der Waals surface area contributed by atoms with Crippen molar-refractivity contribution in [3.05, 3.63) is 81.7 Å². The predicted molar refractivity (Wildman–Crippen MR) is 85.9 cm³/mol. The molecule has 0 aliphatic carbocycles. The van der Waals surface area contributed by atoms with E-state index < -0.39 is 11.0 Å². The predicted octanol–water partition coefficient (Wildman–Crippen LogP) is 3.18. The second-order valence-corrected chi connectivity index (χ2v) is 5.38. The van der Waals surface area contributed by atoms with Gasteiger partial charge >= 0.3 is 0 Å². The smallest absolute Gasteiger partial charge is 0.269 e. The first-order valence-corrected chi connectivity index (χ1v) is 7.24. The Labute approximate surface area is 137 Å². The second kappa shape index (κ2) is 6.11. The molecule has 1 amide bonds. The second-order valence-electron chi connectivity index (χ2n) is 5.38. The quantitative estimate of drug-likeness (QED) is 0.694. The summed E-state index contributed by atoms with van der Waals surface area (Å²) >= 11 is 0. The highest BCUT2D eigenvalue weighted by molar-refractivity contribution is 5.79. The van der Waals surface area contributed by atoms with Crippen LogP contribution in [0.1, 0.15) is 24.1 Å². The monoisotopic (exact) mass is 327 g/mol. The zero-order valence-electron chi connectivity index (χ0n) is 12.8. The van der Waals surface area contributed by atoms with E-state index in [1.54, 1.807) is 30.3 Å². The number of carbonyl (C=O) groups is 1. The van der Waals surface area contributed by atoms with Crippen molar-refractivity contribution >= 4 is 17.3 Å². The van der Waals surface area contributed by atoms with Crippen LogP contribution >= 0.6 is 0 Å². The van der Waals surface area contributed by atoms with E-state index in [1.807, 2.05) is 0 Å². The fourth-order valence-corrected chi connectivity index (χ4v) is 2.60. The van der Waals surface area contributed by atoms with Crippen molar-refractivity contribution < 1.29 is 14.1 Å². The number of carbonyl (C=O) groups excluding carboxylic acids is 1. The molecule has 0 aromatic heterocycles. The maximum atomic E-state index is 13.1. The Morgan fingerprint density at radius 3 is 2.58 bits per heavy atom. The van der Waals surface area contributed by atoms with Crippen LogP contribution in [0, 0.1) is 15.9 Å². The molecule has 0 saturated carbocycles. The SMILES string of the molecule is CC(=O)N1NC(c2ccc(F)cc2)=C[C@@H]1c1cccc([N+](=O)[O-])c1. The molecular weight excluding hydrogens is 313 g/mol. The summed E-state index contributed by atoms with van der Waals surface area (Å²) in [6.07, 6.45) is 1.79. The van der Waals surface area contributed by atoms with Crippen molar-refractivity contribution in [1.82, 2.24) is 10.4 Å². The van der Waals surface area contributed by atoms with Gasteiger partial charge in [-0.1, -0.05) is 12.1 Å². The number of nitro benzene ring substituents is 1. The first-order valence-electron chi connectivity index (χ1n) is 7.24. The van der Waals surface area contributed by atoms with E-state index in [-0.39, 0.29) is 17.4 Å². The van der Waals surface area contributed by atoms with Crippen molar-refractivity contribution in [3.8, 4) is 0 Å². The van der Waals surface area contributed by atoms with Crippen LogP contribution in [-0.2, 0) is 4.79 Å². The fourth-order valence-electron chi connectivity index (χ4n) is 2.60. The molecule has 2 aromatic rings. The topological polar surface area (TPSA) is 75.5 Å². The lowest BCUT2D eigenvalue weighted by atomic mass is 10.0. The van der Waals surface area contributed by atoms with Crippen molar-refractivity contribution in [2.24, 2.45) is 0 Å². The summed E-state index contributed by atoms with van der Waals surface area (Å²) < 4.78 is 13.1. The lowest BCUT2D eigenvalue weighted by molar-refractivity contribution is -0.384. The van der Waals surface area contributed by atoms with E-state index in [4.69, 9.17) is 0 Å². The van der Waals surface area contributed by atoms with Gasteiger partial charge in [0.1, 0.15) is 5.82 Å². The van der Waals surface area contributed by atoms with Gasteiger partial charge in [0.2, 0.25) is 5.91 Å². The number of amides is 1. The zero-order valence-corrected chi connectivity index (χ0v) is 12.8. The Morgan fingerprint density at radius 2 is 1.96 bits per heavy atom. The number of nitro groups is 1. The molecule has 1 aliphatic heterocycles. The molecular formula is C17H14FN3O3. The summed E-state index contributed by atoms with van der Waals surface area (Å²) in [4.78, 5) is 22.4. The number of benzene rings is 2. The third kappa shape index (κ3) is 2.96. The highest BCUT2D eigenvalue weighted by Gasteiger charge is 2.29. The molecule has 122 valence electrons. The lowest BCUT2D eigenvalue weighted by Crippen LogP contribution is -2.37. The minimum absolute atomic E-state index is 0.0420. The highest BCUT2D eigenvalue weighted by Crippen LogP contribution is 2.32. The molecule has 7 heteroatoms. The minimum Gasteiger partial charge on any atom is -0.295 e. The van der Waals surface area contributed by atoms with Gasteiger partial charge in [-0.3, -0.25) is 20.3 Å². The number of nitrogens with zero attached hydrogens (tertiary/aromatic N) is 2. The molecule has 0 radical (unpaired) electrons. The largest absolute Gasteiger partial charge is 0.295 e. The number of hydrogen-bond acceptors (Lipinski definition) is 4. The molecule has 2 aromatic carbocycles. The molecule has 1 N–H and O–H groups in total. The molecule has 0 bridgehead atoms. The summed E-state index contributed by atoms with van der Waals surface area (Å²) in [6, 6.07) is 11.5. The van der Waals surface area contributed by atoms with Crippen LogP contribution in [0.15, 0.2) is 54.6 Å². The zero-order chi connectivity index (χ0) is 17.3. The number of halogens is 1. The van der Waals surface area contributed by atoms with E-state index in [0.717, 1.165) is 5.56 Å². The van der Waals surface area contributed by atoms with Crippen molar-refractivity contribution in [2.45, 2.75) is 13.0 Å². The van der Waals surface area contributed by atoms with Gasteiger partial charge in [0.25, 0.3) is 5.69 Å².